The van der Waals surface area contributed by atoms with Crippen molar-refractivity contribution in [1.29, 1.82) is 0 Å². The zero-order valence-corrected chi connectivity index (χ0v) is 15.6. The molecule has 0 radical (unpaired) electrons. The predicted octanol–water partition coefficient (Wildman–Crippen LogP) is 6.47. The molecule has 0 aliphatic heterocycles. The zero-order chi connectivity index (χ0) is 17.3. The number of esters is 1. The standard InChI is InChI=1S/C22H36O2/c1-2-3-4-5-6-7-8-9-10-14-20-24-22(23)19-15-18-21-16-12-11-13-17-21/h11-13,16-17H,2-10,14-15,18-20H2,1H3. The molecule has 0 saturated carbocycles. The Kier molecular flexibility index (Phi) is 13.2. The van der Waals surface area contributed by atoms with Gasteiger partial charge in [-0.15, -0.1) is 0 Å². The van der Waals surface area contributed by atoms with E-state index in [1.807, 2.05) is 18.2 Å². The quantitative estimate of drug-likeness (QED) is 0.271. The summed E-state index contributed by atoms with van der Waals surface area (Å²) in [4.78, 5) is 11.7. The van der Waals surface area contributed by atoms with E-state index < -0.39 is 0 Å². The Labute approximate surface area is 149 Å². The van der Waals surface area contributed by atoms with Crippen LogP contribution in [0.3, 0.4) is 0 Å². The zero-order valence-electron chi connectivity index (χ0n) is 15.6. The average Bonchev–Trinajstić information content (AvgIpc) is 2.60. The van der Waals surface area contributed by atoms with Crippen molar-refractivity contribution < 1.29 is 9.53 Å². The van der Waals surface area contributed by atoms with Crippen LogP contribution in [-0.4, -0.2) is 12.6 Å². The smallest absolute Gasteiger partial charge is 0.305 e. The maximum Gasteiger partial charge on any atom is 0.305 e. The fourth-order valence-electron chi connectivity index (χ4n) is 2.93. The predicted molar refractivity (Wildman–Crippen MR) is 102 cm³/mol. The Morgan fingerprint density at radius 2 is 1.38 bits per heavy atom. The summed E-state index contributed by atoms with van der Waals surface area (Å²) in [6, 6.07) is 10.3. The Morgan fingerprint density at radius 3 is 2.00 bits per heavy atom. The Balaban J connectivity index is 1.82. The van der Waals surface area contributed by atoms with Crippen LogP contribution >= 0.6 is 0 Å². The van der Waals surface area contributed by atoms with Crippen molar-refractivity contribution in [1.82, 2.24) is 0 Å². The highest BCUT2D eigenvalue weighted by atomic mass is 16.5. The van der Waals surface area contributed by atoms with E-state index in [-0.39, 0.29) is 5.97 Å². The monoisotopic (exact) mass is 332 g/mol. The van der Waals surface area contributed by atoms with Crippen LogP contribution in [0.5, 0.6) is 0 Å². The van der Waals surface area contributed by atoms with Crippen LogP contribution < -0.4 is 0 Å². The van der Waals surface area contributed by atoms with E-state index in [9.17, 15) is 4.79 Å². The Morgan fingerprint density at radius 1 is 0.792 bits per heavy atom. The molecule has 1 aromatic carbocycles. The first kappa shape index (κ1) is 20.7. The molecular formula is C22H36O2. The molecule has 0 spiro atoms. The van der Waals surface area contributed by atoms with E-state index in [1.54, 1.807) is 0 Å². The molecular weight excluding hydrogens is 296 g/mol. The first-order valence-corrected chi connectivity index (χ1v) is 10.0. The highest BCUT2D eigenvalue weighted by molar-refractivity contribution is 5.69. The Bertz CT molecular complexity index is 400. The van der Waals surface area contributed by atoms with Crippen molar-refractivity contribution in [3.8, 4) is 0 Å². The molecule has 0 bridgehead atoms. The van der Waals surface area contributed by atoms with Gasteiger partial charge in [0, 0.05) is 6.42 Å². The number of carbonyl (C=O) groups is 1. The summed E-state index contributed by atoms with van der Waals surface area (Å²) in [6.07, 6.45) is 15.4. The second-order valence-corrected chi connectivity index (χ2v) is 6.74. The maximum absolute atomic E-state index is 11.7. The van der Waals surface area contributed by atoms with Gasteiger partial charge in [0.25, 0.3) is 0 Å². The summed E-state index contributed by atoms with van der Waals surface area (Å²) in [7, 11) is 0. The first-order valence-electron chi connectivity index (χ1n) is 10.0. The molecule has 1 rings (SSSR count). The average molecular weight is 333 g/mol. The van der Waals surface area contributed by atoms with Gasteiger partial charge < -0.3 is 4.74 Å². The largest absolute Gasteiger partial charge is 0.466 e. The number of benzene rings is 1. The van der Waals surface area contributed by atoms with E-state index in [4.69, 9.17) is 4.74 Å². The van der Waals surface area contributed by atoms with E-state index in [1.165, 1.54) is 63.4 Å². The van der Waals surface area contributed by atoms with Gasteiger partial charge in [-0.25, -0.2) is 0 Å². The van der Waals surface area contributed by atoms with E-state index >= 15 is 0 Å². The van der Waals surface area contributed by atoms with Gasteiger partial charge in [0.2, 0.25) is 0 Å². The molecule has 0 aliphatic rings. The molecule has 0 amide bonds. The molecule has 1 aromatic rings. The van der Waals surface area contributed by atoms with E-state index in [0.29, 0.717) is 13.0 Å². The molecule has 0 heterocycles. The highest BCUT2D eigenvalue weighted by Crippen LogP contribution is 2.11. The van der Waals surface area contributed by atoms with Crippen molar-refractivity contribution >= 4 is 5.97 Å². The SMILES string of the molecule is CCCCCCCCCCCCOC(=O)CCCc1ccccc1. The second-order valence-electron chi connectivity index (χ2n) is 6.74. The van der Waals surface area contributed by atoms with Crippen molar-refractivity contribution in [2.75, 3.05) is 6.61 Å². The molecule has 0 saturated heterocycles. The highest BCUT2D eigenvalue weighted by Gasteiger charge is 2.03. The van der Waals surface area contributed by atoms with Crippen molar-refractivity contribution in [2.24, 2.45) is 0 Å². The number of ether oxygens (including phenoxy) is 1. The normalized spacial score (nSPS) is 10.7. The van der Waals surface area contributed by atoms with Gasteiger partial charge in [-0.3, -0.25) is 4.79 Å². The topological polar surface area (TPSA) is 26.3 Å². The number of unbranched alkanes of at least 4 members (excludes halogenated alkanes) is 9. The molecule has 24 heavy (non-hydrogen) atoms. The van der Waals surface area contributed by atoms with Gasteiger partial charge in [0.05, 0.1) is 6.61 Å². The number of carbonyl (C=O) groups excluding carboxylic acids is 1. The minimum Gasteiger partial charge on any atom is -0.466 e. The van der Waals surface area contributed by atoms with Gasteiger partial charge >= 0.3 is 5.97 Å². The van der Waals surface area contributed by atoms with Gasteiger partial charge in [-0.2, -0.15) is 0 Å². The van der Waals surface area contributed by atoms with Crippen LogP contribution in [0.25, 0.3) is 0 Å². The Hall–Kier alpha value is -1.31. The fraction of sp³-hybridized carbons (Fsp3) is 0.682. The lowest BCUT2D eigenvalue weighted by molar-refractivity contribution is -0.143. The van der Waals surface area contributed by atoms with Crippen molar-refractivity contribution in [2.45, 2.75) is 90.4 Å². The summed E-state index contributed by atoms with van der Waals surface area (Å²) in [5.74, 6) is -0.0399. The minimum atomic E-state index is -0.0399. The second kappa shape index (κ2) is 15.2. The summed E-state index contributed by atoms with van der Waals surface area (Å²) < 4.78 is 5.31. The van der Waals surface area contributed by atoms with Gasteiger partial charge in [0.1, 0.15) is 0 Å². The van der Waals surface area contributed by atoms with Crippen LogP contribution in [0.1, 0.15) is 89.5 Å². The summed E-state index contributed by atoms with van der Waals surface area (Å²) >= 11 is 0. The third kappa shape index (κ3) is 12.2. The minimum absolute atomic E-state index is 0.0399. The van der Waals surface area contributed by atoms with E-state index in [2.05, 4.69) is 19.1 Å². The lowest BCUT2D eigenvalue weighted by Crippen LogP contribution is -2.06. The number of rotatable bonds is 15. The molecule has 2 nitrogen and oxygen atoms in total. The molecule has 0 unspecified atom stereocenters. The summed E-state index contributed by atoms with van der Waals surface area (Å²) in [6.45, 7) is 2.86. The number of hydrogen-bond donors (Lipinski definition) is 0. The molecule has 136 valence electrons. The molecule has 0 fully saturated rings. The first-order chi connectivity index (χ1) is 11.8. The molecule has 2 heteroatoms. The van der Waals surface area contributed by atoms with Gasteiger partial charge in [-0.05, 0) is 24.8 Å². The fourth-order valence-corrected chi connectivity index (χ4v) is 2.93. The van der Waals surface area contributed by atoms with Crippen LogP contribution in [0.2, 0.25) is 0 Å². The van der Waals surface area contributed by atoms with E-state index in [0.717, 1.165) is 19.3 Å². The third-order valence-electron chi connectivity index (χ3n) is 4.45. The lowest BCUT2D eigenvalue weighted by Gasteiger charge is -2.05. The van der Waals surface area contributed by atoms with Crippen LogP contribution in [-0.2, 0) is 16.0 Å². The number of aryl methyl sites for hydroxylation is 1. The number of hydrogen-bond acceptors (Lipinski definition) is 2. The van der Waals surface area contributed by atoms with Crippen LogP contribution in [0.4, 0.5) is 0 Å². The maximum atomic E-state index is 11.7. The lowest BCUT2D eigenvalue weighted by atomic mass is 10.1. The summed E-state index contributed by atoms with van der Waals surface area (Å²) in [5, 5.41) is 0. The summed E-state index contributed by atoms with van der Waals surface area (Å²) in [5.41, 5.74) is 1.29. The molecule has 0 N–H and O–H groups in total. The van der Waals surface area contributed by atoms with Gasteiger partial charge in [-0.1, -0.05) is 95.0 Å². The van der Waals surface area contributed by atoms with Gasteiger partial charge in [0.15, 0.2) is 0 Å². The van der Waals surface area contributed by atoms with Crippen molar-refractivity contribution in [3.63, 3.8) is 0 Å². The molecule has 0 aliphatic carbocycles. The third-order valence-corrected chi connectivity index (χ3v) is 4.45. The molecule has 0 aromatic heterocycles. The van der Waals surface area contributed by atoms with Crippen LogP contribution in [0.15, 0.2) is 30.3 Å². The molecule has 0 atom stereocenters. The van der Waals surface area contributed by atoms with Crippen LogP contribution in [0, 0.1) is 0 Å². The van der Waals surface area contributed by atoms with Crippen molar-refractivity contribution in [3.05, 3.63) is 35.9 Å².